The molecule has 4 N–H and O–H groups in total. The van der Waals surface area contributed by atoms with E-state index in [-0.39, 0.29) is 48.9 Å². The Morgan fingerprint density at radius 1 is 0.636 bits per heavy atom. The minimum absolute atomic E-state index is 0.0517. The summed E-state index contributed by atoms with van der Waals surface area (Å²) >= 11 is 0. The van der Waals surface area contributed by atoms with Gasteiger partial charge in [-0.05, 0) is 73.6 Å². The number of nitrogens with one attached hydrogen (secondary N) is 4. The summed E-state index contributed by atoms with van der Waals surface area (Å²) in [5.41, 5.74) is 4.77. The number of carbonyl (C=O) groups excluding carboxylic acids is 4. The monoisotopic (exact) mass is 912 g/mol. The van der Waals surface area contributed by atoms with Gasteiger partial charge in [-0.15, -0.1) is 0 Å². The van der Waals surface area contributed by atoms with E-state index >= 15 is 0 Å². The zero-order valence-corrected chi connectivity index (χ0v) is 38.9. The molecule has 4 unspecified atom stereocenters. The van der Waals surface area contributed by atoms with Crippen molar-refractivity contribution in [3.8, 4) is 45.1 Å². The number of carbonyl (C=O) groups is 4. The van der Waals surface area contributed by atoms with Gasteiger partial charge < -0.3 is 58.8 Å². The standard InChI is InChI=1S/C48H64N8O10/c1-29(2)39(53-47(59)63-5)45(57)55-21-9-13-37(55)43-49-27-35(51-43)31-17-15-30(16-18-31)33-19-20-34(42(66-26-24-62-4)41(33)65-25-23-61-3)36-28-50-44(52-36)38-14-10-22-56(38)46(58)40(54-48(60)64-6)32-11-7-8-12-32/h15-20,27-29,32,37-40H,7-14,21-26H2,1-6H3,(H,49,51)(H,50,52)(H,53,59)(H,54,60). The molecule has 0 bridgehead atoms. The first-order chi connectivity index (χ1) is 32.1. The van der Waals surface area contributed by atoms with Crippen molar-refractivity contribution >= 4 is 24.0 Å². The number of ether oxygens (including phenoxy) is 6. The highest BCUT2D eigenvalue weighted by Crippen LogP contribution is 2.46. The van der Waals surface area contributed by atoms with Gasteiger partial charge in [0, 0.05) is 38.4 Å². The molecule has 2 aromatic heterocycles. The van der Waals surface area contributed by atoms with E-state index in [2.05, 4.69) is 20.6 Å². The zero-order chi connectivity index (χ0) is 46.7. The van der Waals surface area contributed by atoms with Crippen LogP contribution in [0.25, 0.3) is 33.6 Å². The number of aromatic amines is 2. The van der Waals surface area contributed by atoms with Crippen LogP contribution in [-0.2, 0) is 28.5 Å². The lowest BCUT2D eigenvalue weighted by Gasteiger charge is -2.31. The van der Waals surface area contributed by atoms with Gasteiger partial charge in [0.05, 0.1) is 63.3 Å². The van der Waals surface area contributed by atoms with Gasteiger partial charge in [-0.1, -0.05) is 51.0 Å². The van der Waals surface area contributed by atoms with Crippen LogP contribution >= 0.6 is 0 Å². The van der Waals surface area contributed by atoms with E-state index in [0.717, 1.165) is 79.3 Å². The number of likely N-dealkylation sites (tertiary alicyclic amines) is 2. The number of alkyl carbamates (subject to hydrolysis) is 2. The summed E-state index contributed by atoms with van der Waals surface area (Å²) in [6, 6.07) is 10.0. The smallest absolute Gasteiger partial charge is 0.407 e. The number of hydrogen-bond donors (Lipinski definition) is 4. The first kappa shape index (κ1) is 47.8. The van der Waals surface area contributed by atoms with Gasteiger partial charge in [-0.3, -0.25) is 9.59 Å². The molecule has 0 radical (unpaired) electrons. The molecule has 4 aromatic rings. The normalized spacial score (nSPS) is 18.3. The molecular weight excluding hydrogens is 849 g/mol. The molecule has 3 aliphatic rings. The maximum atomic E-state index is 14.2. The molecular formula is C48H64N8O10. The quantitative estimate of drug-likeness (QED) is 0.0716. The number of H-pyrrole nitrogens is 2. The van der Waals surface area contributed by atoms with Crippen molar-refractivity contribution in [3.05, 3.63) is 60.4 Å². The lowest BCUT2D eigenvalue weighted by atomic mass is 9.96. The Kier molecular flexibility index (Phi) is 16.2. The van der Waals surface area contributed by atoms with E-state index in [4.69, 9.17) is 38.4 Å². The van der Waals surface area contributed by atoms with Gasteiger partial charge in [0.15, 0.2) is 11.5 Å². The number of rotatable bonds is 19. The van der Waals surface area contributed by atoms with E-state index in [1.165, 1.54) is 14.2 Å². The molecule has 2 aromatic carbocycles. The molecule has 2 aliphatic heterocycles. The summed E-state index contributed by atoms with van der Waals surface area (Å²) in [6.45, 7) is 6.10. The van der Waals surface area contributed by atoms with Crippen LogP contribution in [0.1, 0.15) is 88.9 Å². The second-order valence-electron chi connectivity index (χ2n) is 17.3. The van der Waals surface area contributed by atoms with E-state index in [9.17, 15) is 19.2 Å². The maximum Gasteiger partial charge on any atom is 0.407 e. The highest BCUT2D eigenvalue weighted by atomic mass is 16.6. The van der Waals surface area contributed by atoms with Gasteiger partial charge in [-0.2, -0.15) is 0 Å². The van der Waals surface area contributed by atoms with Crippen LogP contribution in [0.4, 0.5) is 9.59 Å². The average molecular weight is 913 g/mol. The van der Waals surface area contributed by atoms with Crippen LogP contribution in [0, 0.1) is 11.8 Å². The van der Waals surface area contributed by atoms with Crippen LogP contribution in [0.5, 0.6) is 11.5 Å². The Morgan fingerprint density at radius 2 is 1.15 bits per heavy atom. The molecule has 4 heterocycles. The SMILES string of the molecule is COCCOc1c(-c2ccc(-c3cnc(C4CCCN4C(=O)C(NC(=O)OC)C(C)C)[nH]3)cc2)ccc(-c2cnc(C3CCCN3C(=O)C(NC(=O)OC)C3CCCC3)[nH]2)c1OCCOC. The van der Waals surface area contributed by atoms with Crippen molar-refractivity contribution in [2.24, 2.45) is 11.8 Å². The van der Waals surface area contributed by atoms with Crippen LogP contribution in [0.15, 0.2) is 48.8 Å². The number of benzene rings is 2. The van der Waals surface area contributed by atoms with E-state index < -0.39 is 24.3 Å². The fourth-order valence-electron chi connectivity index (χ4n) is 9.41. The topological polar surface area (TPSA) is 212 Å². The Hall–Kier alpha value is -6.14. The third-order valence-corrected chi connectivity index (χ3v) is 12.9. The molecule has 4 amide bonds. The van der Waals surface area contributed by atoms with Gasteiger partial charge >= 0.3 is 12.2 Å². The number of imidazole rings is 2. The number of nitrogens with zero attached hydrogens (tertiary/aromatic N) is 4. The highest BCUT2D eigenvalue weighted by Gasteiger charge is 2.41. The fourth-order valence-corrected chi connectivity index (χ4v) is 9.41. The van der Waals surface area contributed by atoms with Gasteiger partial charge in [0.1, 0.15) is 36.9 Å². The molecule has 66 heavy (non-hydrogen) atoms. The predicted molar refractivity (Wildman–Crippen MR) is 245 cm³/mol. The van der Waals surface area contributed by atoms with Crippen LogP contribution < -0.4 is 20.1 Å². The van der Waals surface area contributed by atoms with Crippen LogP contribution in [0.3, 0.4) is 0 Å². The minimum atomic E-state index is -0.724. The number of methoxy groups -OCH3 is 4. The summed E-state index contributed by atoms with van der Waals surface area (Å²) in [5.74, 6) is 1.98. The summed E-state index contributed by atoms with van der Waals surface area (Å²) in [7, 11) is 5.83. The molecule has 18 nitrogen and oxygen atoms in total. The lowest BCUT2D eigenvalue weighted by Crippen LogP contribution is -2.51. The van der Waals surface area contributed by atoms with Crippen molar-refractivity contribution in [3.63, 3.8) is 0 Å². The van der Waals surface area contributed by atoms with E-state index in [1.807, 2.05) is 55.1 Å². The average Bonchev–Trinajstić information content (AvgIpc) is 4.20. The first-order valence-corrected chi connectivity index (χ1v) is 23.0. The Balaban J connectivity index is 1.15. The number of aromatic nitrogens is 4. The second-order valence-corrected chi connectivity index (χ2v) is 17.3. The fraction of sp³-hybridized carbons (Fsp3) is 0.542. The van der Waals surface area contributed by atoms with Crippen molar-refractivity contribution in [1.82, 2.24) is 40.4 Å². The molecule has 7 rings (SSSR count). The highest BCUT2D eigenvalue weighted by molar-refractivity contribution is 5.88. The molecule has 0 spiro atoms. The minimum Gasteiger partial charge on any atom is -0.487 e. The maximum absolute atomic E-state index is 14.2. The molecule has 2 saturated heterocycles. The Morgan fingerprint density at radius 3 is 1.73 bits per heavy atom. The lowest BCUT2D eigenvalue weighted by molar-refractivity contribution is -0.136. The Labute approximate surface area is 385 Å². The van der Waals surface area contributed by atoms with Gasteiger partial charge in [0.25, 0.3) is 0 Å². The molecule has 3 fully saturated rings. The van der Waals surface area contributed by atoms with Crippen LogP contribution in [-0.4, -0.2) is 134 Å². The van der Waals surface area contributed by atoms with E-state index in [1.54, 1.807) is 31.5 Å². The molecule has 18 heteroatoms. The number of hydrogen-bond acceptors (Lipinski definition) is 12. The number of amides is 4. The van der Waals surface area contributed by atoms with Crippen molar-refractivity contribution < 1.29 is 47.6 Å². The van der Waals surface area contributed by atoms with Crippen molar-refractivity contribution in [1.29, 1.82) is 0 Å². The second kappa shape index (κ2) is 22.4. The third kappa shape index (κ3) is 10.8. The van der Waals surface area contributed by atoms with Crippen molar-refractivity contribution in [2.75, 3.05) is 68.0 Å². The first-order valence-electron chi connectivity index (χ1n) is 23.0. The van der Waals surface area contributed by atoms with Crippen molar-refractivity contribution in [2.45, 2.75) is 89.4 Å². The van der Waals surface area contributed by atoms with Gasteiger partial charge in [-0.25, -0.2) is 19.6 Å². The summed E-state index contributed by atoms with van der Waals surface area (Å²) in [4.78, 5) is 72.5. The summed E-state index contributed by atoms with van der Waals surface area (Å²) in [5, 5.41) is 5.55. The molecule has 4 atom stereocenters. The van der Waals surface area contributed by atoms with Crippen LogP contribution in [0.2, 0.25) is 0 Å². The zero-order valence-electron chi connectivity index (χ0n) is 38.9. The molecule has 356 valence electrons. The predicted octanol–water partition coefficient (Wildman–Crippen LogP) is 6.81. The Bertz CT molecular complexity index is 2270. The molecule has 1 saturated carbocycles. The largest absolute Gasteiger partial charge is 0.487 e. The van der Waals surface area contributed by atoms with Gasteiger partial charge in [0.2, 0.25) is 11.8 Å². The van der Waals surface area contributed by atoms with E-state index in [0.29, 0.717) is 55.1 Å². The summed E-state index contributed by atoms with van der Waals surface area (Å²) in [6.07, 6.45) is 9.16. The third-order valence-electron chi connectivity index (χ3n) is 12.9. The summed E-state index contributed by atoms with van der Waals surface area (Å²) < 4.78 is 33.4. The molecule has 1 aliphatic carbocycles.